The number of unbranched alkanes of at least 4 members (excludes halogenated alkanes) is 4. The van der Waals surface area contributed by atoms with Gasteiger partial charge < -0.3 is 19.7 Å². The number of azide groups is 1. The lowest BCUT2D eigenvalue weighted by Gasteiger charge is -2.18. The molecule has 3 atom stereocenters. The fourth-order valence-electron chi connectivity index (χ4n) is 5.55. The molecule has 0 bridgehead atoms. The van der Waals surface area contributed by atoms with Crippen molar-refractivity contribution >= 4 is 11.8 Å². The normalized spacial score (nSPS) is 17.6. The molecule has 4 rings (SSSR count). The molecule has 0 aliphatic carbocycles. The van der Waals surface area contributed by atoms with Crippen LogP contribution in [0.15, 0.2) is 70.7 Å². The van der Waals surface area contributed by atoms with Gasteiger partial charge in [0.25, 0.3) is 11.1 Å². The number of rotatable bonds is 17. The minimum absolute atomic E-state index is 0.0546. The highest BCUT2D eigenvalue weighted by Crippen LogP contribution is 2.30. The Labute approximate surface area is 274 Å². The summed E-state index contributed by atoms with van der Waals surface area (Å²) in [4.78, 5) is 56.4. The number of benzene rings is 1. The number of aromatic nitrogens is 4. The van der Waals surface area contributed by atoms with E-state index in [9.17, 15) is 24.3 Å². The van der Waals surface area contributed by atoms with Crippen molar-refractivity contribution in [3.63, 3.8) is 0 Å². The fraction of sp³-hybridized carbons (Fsp3) is 0.548. The van der Waals surface area contributed by atoms with Gasteiger partial charge in [0.1, 0.15) is 13.0 Å². The molecule has 1 fully saturated rings. The average molecular weight is 672 g/mol. The van der Waals surface area contributed by atoms with Gasteiger partial charge in [-0.3, -0.25) is 27.9 Å². The van der Waals surface area contributed by atoms with Gasteiger partial charge in [0, 0.05) is 46.6 Å². The molecule has 47 heavy (non-hydrogen) atoms. The van der Waals surface area contributed by atoms with E-state index in [2.05, 4.69) is 10.0 Å². The SMILES string of the molecule is Cc1cn([C@H]2C[C@H](N=[N+]=[N-])[C@@H](CO)O2)c(=O)n(CCCCCCCn2c(=O)c(C)c(Sc3ccccc3)n(COCCO)c2=O)c1=O. The summed E-state index contributed by atoms with van der Waals surface area (Å²) in [5.74, 6) is 0. The first-order chi connectivity index (χ1) is 22.7. The van der Waals surface area contributed by atoms with Gasteiger partial charge >= 0.3 is 11.4 Å². The number of hydrogen-bond acceptors (Lipinski definition) is 10. The topological polar surface area (TPSA) is 196 Å². The maximum atomic E-state index is 13.4. The van der Waals surface area contributed by atoms with Crippen LogP contribution in [0.4, 0.5) is 0 Å². The molecular formula is C31H41N7O8S. The van der Waals surface area contributed by atoms with E-state index in [4.69, 9.17) is 20.1 Å². The molecule has 254 valence electrons. The Morgan fingerprint density at radius 1 is 0.957 bits per heavy atom. The monoisotopic (exact) mass is 671 g/mol. The largest absolute Gasteiger partial charge is 0.394 e. The van der Waals surface area contributed by atoms with Gasteiger partial charge in [-0.15, -0.1) is 0 Å². The van der Waals surface area contributed by atoms with Gasteiger partial charge in [-0.2, -0.15) is 0 Å². The second-order valence-corrected chi connectivity index (χ2v) is 12.4. The van der Waals surface area contributed by atoms with E-state index in [-0.39, 0.29) is 51.6 Å². The van der Waals surface area contributed by atoms with Gasteiger partial charge in [-0.25, -0.2) is 9.59 Å². The molecular weight excluding hydrogens is 630 g/mol. The van der Waals surface area contributed by atoms with E-state index in [1.54, 1.807) is 13.8 Å². The molecule has 0 amide bonds. The van der Waals surface area contributed by atoms with Gasteiger partial charge in [-0.1, -0.05) is 54.3 Å². The maximum absolute atomic E-state index is 13.4. The van der Waals surface area contributed by atoms with Crippen molar-refractivity contribution in [1.82, 2.24) is 18.3 Å². The lowest BCUT2D eigenvalue weighted by Crippen LogP contribution is -2.42. The van der Waals surface area contributed by atoms with E-state index in [1.807, 2.05) is 30.3 Å². The summed E-state index contributed by atoms with van der Waals surface area (Å²) < 4.78 is 16.4. The molecule has 2 aromatic heterocycles. The van der Waals surface area contributed by atoms with E-state index in [0.717, 1.165) is 17.7 Å². The molecule has 2 N–H and O–H groups in total. The van der Waals surface area contributed by atoms with Crippen molar-refractivity contribution in [1.29, 1.82) is 0 Å². The number of aliphatic hydroxyl groups is 2. The lowest BCUT2D eigenvalue weighted by molar-refractivity contribution is -0.0277. The van der Waals surface area contributed by atoms with E-state index in [0.29, 0.717) is 35.4 Å². The van der Waals surface area contributed by atoms with Gasteiger partial charge in [-0.05, 0) is 44.4 Å². The molecule has 0 spiro atoms. The average Bonchev–Trinajstić information content (AvgIpc) is 3.48. The first-order valence-electron chi connectivity index (χ1n) is 15.6. The summed E-state index contributed by atoms with van der Waals surface area (Å²) in [6, 6.07) is 8.79. The summed E-state index contributed by atoms with van der Waals surface area (Å²) in [7, 11) is 0. The van der Waals surface area contributed by atoms with Crippen LogP contribution in [-0.4, -0.2) is 60.4 Å². The molecule has 0 unspecified atom stereocenters. The molecule has 16 heteroatoms. The summed E-state index contributed by atoms with van der Waals surface area (Å²) in [6.45, 7) is 3.13. The van der Waals surface area contributed by atoms with Crippen molar-refractivity contribution in [3.8, 4) is 0 Å². The minimum atomic E-state index is -0.774. The van der Waals surface area contributed by atoms with Crippen LogP contribution in [0.3, 0.4) is 0 Å². The molecule has 1 saturated heterocycles. The zero-order valence-corrected chi connectivity index (χ0v) is 27.4. The first-order valence-corrected chi connectivity index (χ1v) is 16.4. The number of ether oxygens (including phenoxy) is 2. The zero-order chi connectivity index (χ0) is 33.9. The molecule has 0 radical (unpaired) electrons. The van der Waals surface area contributed by atoms with Crippen molar-refractivity contribution in [2.24, 2.45) is 5.11 Å². The highest BCUT2D eigenvalue weighted by Gasteiger charge is 2.36. The van der Waals surface area contributed by atoms with Crippen LogP contribution in [0.1, 0.15) is 55.9 Å². The first kappa shape index (κ1) is 35.9. The molecule has 1 aromatic carbocycles. The maximum Gasteiger partial charge on any atom is 0.333 e. The fourth-order valence-corrected chi connectivity index (χ4v) is 6.55. The number of aryl methyl sites for hydroxylation is 1. The number of aliphatic hydroxyl groups excluding tert-OH is 2. The van der Waals surface area contributed by atoms with Crippen LogP contribution in [0, 0.1) is 13.8 Å². The van der Waals surface area contributed by atoms with Crippen molar-refractivity contribution in [3.05, 3.63) is 99.8 Å². The Morgan fingerprint density at radius 2 is 1.62 bits per heavy atom. The molecule has 3 heterocycles. The third kappa shape index (κ3) is 8.71. The standard InChI is InChI=1S/C31H41N7O8S/c1-21-18-37(26-17-24(33-34-32)25(19-40)46-26)30(43)35(27(21)41)13-9-4-3-5-10-14-36-28(42)22(2)29(47-23-11-7-6-8-12-23)38(31(36)44)20-45-16-15-39/h6-8,11-12,18,24-26,39-40H,3-5,9-10,13-17,19-20H2,1-2H3/t24-,25+,26+/m0/s1. The highest BCUT2D eigenvalue weighted by atomic mass is 32.2. The Bertz CT molecular complexity index is 1800. The second-order valence-electron chi connectivity index (χ2n) is 11.3. The van der Waals surface area contributed by atoms with Gasteiger partial charge in [0.05, 0.1) is 37.0 Å². The Balaban J connectivity index is 1.37. The van der Waals surface area contributed by atoms with Crippen molar-refractivity contribution in [2.75, 3.05) is 19.8 Å². The second kappa shape index (κ2) is 17.3. The lowest BCUT2D eigenvalue weighted by atomic mass is 10.1. The summed E-state index contributed by atoms with van der Waals surface area (Å²) in [6.07, 6.45) is 3.45. The molecule has 3 aromatic rings. The van der Waals surface area contributed by atoms with E-state index < -0.39 is 35.3 Å². The van der Waals surface area contributed by atoms with Crippen LogP contribution in [0.25, 0.3) is 10.4 Å². The highest BCUT2D eigenvalue weighted by molar-refractivity contribution is 7.99. The third-order valence-electron chi connectivity index (χ3n) is 8.03. The molecule has 15 nitrogen and oxygen atoms in total. The van der Waals surface area contributed by atoms with Gasteiger partial charge in [0.2, 0.25) is 0 Å². The van der Waals surface area contributed by atoms with Gasteiger partial charge in [0.15, 0.2) is 0 Å². The predicted molar refractivity (Wildman–Crippen MR) is 175 cm³/mol. The number of hydrogen-bond donors (Lipinski definition) is 2. The van der Waals surface area contributed by atoms with Crippen molar-refractivity contribution in [2.45, 2.75) is 100 Å². The smallest absolute Gasteiger partial charge is 0.333 e. The summed E-state index contributed by atoms with van der Waals surface area (Å²) >= 11 is 1.31. The van der Waals surface area contributed by atoms with Crippen LogP contribution in [0.5, 0.6) is 0 Å². The van der Waals surface area contributed by atoms with Crippen LogP contribution in [-0.2, 0) is 29.3 Å². The molecule has 1 aliphatic heterocycles. The quantitative estimate of drug-likeness (QED) is 0.0713. The van der Waals surface area contributed by atoms with E-state index >= 15 is 0 Å². The summed E-state index contributed by atoms with van der Waals surface area (Å²) in [5.41, 5.74) is 7.85. The number of nitrogens with zero attached hydrogens (tertiary/aromatic N) is 7. The molecule has 0 saturated carbocycles. The van der Waals surface area contributed by atoms with Crippen LogP contribution < -0.4 is 22.5 Å². The van der Waals surface area contributed by atoms with Crippen LogP contribution >= 0.6 is 11.8 Å². The predicted octanol–water partition coefficient (Wildman–Crippen LogP) is 2.68. The Morgan fingerprint density at radius 3 is 2.26 bits per heavy atom. The Hall–Kier alpha value is -3.92. The van der Waals surface area contributed by atoms with Crippen molar-refractivity contribution < 1.29 is 19.7 Å². The molecule has 1 aliphatic rings. The Kier molecular flexibility index (Phi) is 13.2. The zero-order valence-electron chi connectivity index (χ0n) is 26.6. The van der Waals surface area contributed by atoms with E-state index in [1.165, 1.54) is 36.2 Å². The summed E-state index contributed by atoms with van der Waals surface area (Å²) in [5, 5.41) is 22.9. The van der Waals surface area contributed by atoms with Crippen LogP contribution in [0.2, 0.25) is 0 Å². The third-order valence-corrected chi connectivity index (χ3v) is 9.26. The minimum Gasteiger partial charge on any atom is -0.394 e.